The van der Waals surface area contributed by atoms with Crippen molar-refractivity contribution < 1.29 is 9.53 Å². The number of esters is 1. The Morgan fingerprint density at radius 1 is 1.22 bits per heavy atom. The highest BCUT2D eigenvalue weighted by Gasteiger charge is 2.61. The summed E-state index contributed by atoms with van der Waals surface area (Å²) in [4.78, 5) is 12.2. The van der Waals surface area contributed by atoms with Crippen LogP contribution in [0.4, 0.5) is 0 Å². The van der Waals surface area contributed by atoms with Crippen molar-refractivity contribution in [3.8, 4) is 0 Å². The van der Waals surface area contributed by atoms with Gasteiger partial charge in [-0.2, -0.15) is 0 Å². The summed E-state index contributed by atoms with van der Waals surface area (Å²) in [6, 6.07) is 0. The van der Waals surface area contributed by atoms with E-state index in [4.69, 9.17) is 4.74 Å². The van der Waals surface area contributed by atoms with Crippen molar-refractivity contribution in [3.05, 3.63) is 0 Å². The molecule has 0 aliphatic heterocycles. The molecule has 0 aromatic heterocycles. The predicted molar refractivity (Wildman–Crippen MR) is 71.0 cm³/mol. The maximum absolute atomic E-state index is 12.2. The van der Waals surface area contributed by atoms with E-state index in [2.05, 4.69) is 6.92 Å². The Morgan fingerprint density at radius 2 is 1.89 bits per heavy atom. The normalized spacial score (nSPS) is 46.2. The number of rotatable bonds is 1. The molecule has 102 valence electrons. The molecule has 5 atom stereocenters. The van der Waals surface area contributed by atoms with Gasteiger partial charge < -0.3 is 4.74 Å². The van der Waals surface area contributed by atoms with Gasteiger partial charge in [0.05, 0.1) is 5.41 Å². The number of carbonyl (C=O) groups is 1. The van der Waals surface area contributed by atoms with E-state index in [0.717, 1.165) is 24.2 Å². The molecule has 0 radical (unpaired) electrons. The van der Waals surface area contributed by atoms with E-state index < -0.39 is 0 Å². The molecular weight excluding hydrogens is 224 g/mol. The molecule has 3 aliphatic rings. The fourth-order valence-corrected chi connectivity index (χ4v) is 4.87. The van der Waals surface area contributed by atoms with Gasteiger partial charge in [0.25, 0.3) is 0 Å². The van der Waals surface area contributed by atoms with Crippen LogP contribution in [-0.4, -0.2) is 11.6 Å². The molecule has 3 aliphatic carbocycles. The van der Waals surface area contributed by atoms with Crippen LogP contribution in [0.2, 0.25) is 0 Å². The van der Waals surface area contributed by atoms with E-state index in [-0.39, 0.29) is 17.0 Å². The van der Waals surface area contributed by atoms with Gasteiger partial charge in [0, 0.05) is 5.92 Å². The van der Waals surface area contributed by atoms with E-state index in [9.17, 15) is 4.79 Å². The molecule has 3 fully saturated rings. The van der Waals surface area contributed by atoms with E-state index >= 15 is 0 Å². The second-order valence-electron chi connectivity index (χ2n) is 8.02. The van der Waals surface area contributed by atoms with Crippen LogP contribution in [0.15, 0.2) is 0 Å². The van der Waals surface area contributed by atoms with Crippen LogP contribution in [0.25, 0.3) is 0 Å². The summed E-state index contributed by atoms with van der Waals surface area (Å²) in [5.74, 6) is 3.26. The predicted octanol–water partition coefficient (Wildman–Crippen LogP) is 3.79. The average molecular weight is 250 g/mol. The first-order chi connectivity index (χ1) is 8.31. The molecular formula is C16H26O2. The maximum atomic E-state index is 12.2. The summed E-state index contributed by atoms with van der Waals surface area (Å²) in [6.07, 6.45) is 6.61. The quantitative estimate of drug-likeness (QED) is 0.662. The zero-order valence-corrected chi connectivity index (χ0v) is 12.2. The smallest absolute Gasteiger partial charge is 0.311 e. The van der Waals surface area contributed by atoms with Gasteiger partial charge >= 0.3 is 5.97 Å². The van der Waals surface area contributed by atoms with Crippen molar-refractivity contribution >= 4 is 5.97 Å². The first-order valence-corrected chi connectivity index (χ1v) is 7.55. The third-order valence-corrected chi connectivity index (χ3v) is 5.69. The van der Waals surface area contributed by atoms with Crippen molar-refractivity contribution in [1.82, 2.24) is 0 Å². The first-order valence-electron chi connectivity index (χ1n) is 7.55. The minimum Gasteiger partial charge on any atom is -0.459 e. The Morgan fingerprint density at radius 3 is 2.56 bits per heavy atom. The molecule has 2 heteroatoms. The van der Waals surface area contributed by atoms with E-state index in [1.165, 1.54) is 25.7 Å². The fourth-order valence-electron chi connectivity index (χ4n) is 4.87. The Bertz CT molecular complexity index is 368. The summed E-state index contributed by atoms with van der Waals surface area (Å²) >= 11 is 0. The van der Waals surface area contributed by atoms with Crippen molar-refractivity contribution in [1.29, 1.82) is 0 Å². The standard InChI is InChI=1S/C16H26O2/c1-15(2,3)14(17)18-16(4)9-10-8-13(16)12-7-5-6-11(10)12/h10-13H,5-9H2,1-4H3. The lowest BCUT2D eigenvalue weighted by atomic mass is 9.73. The van der Waals surface area contributed by atoms with Gasteiger partial charge in [-0.05, 0) is 71.1 Å². The zero-order valence-electron chi connectivity index (χ0n) is 12.2. The van der Waals surface area contributed by atoms with Crippen LogP contribution >= 0.6 is 0 Å². The van der Waals surface area contributed by atoms with Gasteiger partial charge in [-0.1, -0.05) is 6.42 Å². The van der Waals surface area contributed by atoms with E-state index in [1.54, 1.807) is 0 Å². The highest BCUT2D eigenvalue weighted by molar-refractivity contribution is 5.75. The largest absolute Gasteiger partial charge is 0.459 e. The molecule has 5 unspecified atom stereocenters. The number of fused-ring (bicyclic) bond motifs is 5. The molecule has 0 saturated heterocycles. The fraction of sp³-hybridized carbons (Fsp3) is 0.938. The molecule has 18 heavy (non-hydrogen) atoms. The van der Waals surface area contributed by atoms with E-state index in [1.807, 2.05) is 20.8 Å². The Balaban J connectivity index is 1.76. The Hall–Kier alpha value is -0.530. The zero-order chi connectivity index (χ0) is 13.1. The highest BCUT2D eigenvalue weighted by atomic mass is 16.6. The van der Waals surface area contributed by atoms with Crippen molar-refractivity contribution in [3.63, 3.8) is 0 Å². The molecule has 0 aromatic rings. The lowest BCUT2D eigenvalue weighted by Gasteiger charge is -2.41. The topological polar surface area (TPSA) is 26.3 Å². The Labute approximate surface area is 110 Å². The summed E-state index contributed by atoms with van der Waals surface area (Å²) in [7, 11) is 0. The SMILES string of the molecule is CC(C)(C)C(=O)OC1(C)CC2CC1C1CCCC21. The molecule has 3 rings (SSSR count). The van der Waals surface area contributed by atoms with Crippen LogP contribution in [0.1, 0.15) is 59.8 Å². The lowest BCUT2D eigenvalue weighted by molar-refractivity contribution is -0.176. The molecule has 0 heterocycles. The molecule has 0 amide bonds. The van der Waals surface area contributed by atoms with Crippen LogP contribution < -0.4 is 0 Å². The summed E-state index contributed by atoms with van der Waals surface area (Å²) < 4.78 is 5.97. The minimum absolute atomic E-state index is 0.0212. The first kappa shape index (κ1) is 12.5. The van der Waals surface area contributed by atoms with Crippen molar-refractivity contribution in [2.45, 2.75) is 65.4 Å². The molecule has 0 aromatic carbocycles. The number of hydrogen-bond donors (Lipinski definition) is 0. The average Bonchev–Trinajstić information content (AvgIpc) is 2.85. The van der Waals surface area contributed by atoms with Crippen LogP contribution in [0.3, 0.4) is 0 Å². The lowest BCUT2D eigenvalue weighted by Crippen LogP contribution is -2.44. The van der Waals surface area contributed by atoms with Crippen molar-refractivity contribution in [2.24, 2.45) is 29.1 Å². The van der Waals surface area contributed by atoms with Gasteiger partial charge in [0.15, 0.2) is 0 Å². The van der Waals surface area contributed by atoms with Gasteiger partial charge in [0.1, 0.15) is 5.60 Å². The van der Waals surface area contributed by atoms with Crippen LogP contribution in [0.5, 0.6) is 0 Å². The summed E-state index contributed by atoms with van der Waals surface area (Å²) in [5.41, 5.74) is -0.541. The van der Waals surface area contributed by atoms with Gasteiger partial charge in [-0.3, -0.25) is 4.79 Å². The molecule has 3 saturated carbocycles. The van der Waals surface area contributed by atoms with Gasteiger partial charge in [-0.15, -0.1) is 0 Å². The second-order valence-corrected chi connectivity index (χ2v) is 8.02. The third-order valence-electron chi connectivity index (χ3n) is 5.69. The number of hydrogen-bond acceptors (Lipinski definition) is 2. The highest BCUT2D eigenvalue weighted by Crippen LogP contribution is 2.63. The summed E-state index contributed by atoms with van der Waals surface area (Å²) in [6.45, 7) is 8.04. The maximum Gasteiger partial charge on any atom is 0.311 e. The molecule has 2 bridgehead atoms. The van der Waals surface area contributed by atoms with Gasteiger partial charge in [-0.25, -0.2) is 0 Å². The summed E-state index contributed by atoms with van der Waals surface area (Å²) in [5, 5.41) is 0. The number of carbonyl (C=O) groups excluding carboxylic acids is 1. The van der Waals surface area contributed by atoms with Crippen LogP contribution in [-0.2, 0) is 9.53 Å². The van der Waals surface area contributed by atoms with E-state index in [0.29, 0.717) is 5.92 Å². The number of ether oxygens (including phenoxy) is 1. The molecule has 2 nitrogen and oxygen atoms in total. The molecule has 0 spiro atoms. The second kappa shape index (κ2) is 3.74. The van der Waals surface area contributed by atoms with Crippen molar-refractivity contribution in [2.75, 3.05) is 0 Å². The van der Waals surface area contributed by atoms with Gasteiger partial charge in [0.2, 0.25) is 0 Å². The third kappa shape index (κ3) is 1.71. The molecule has 0 N–H and O–H groups in total. The minimum atomic E-state index is -0.375. The van der Waals surface area contributed by atoms with Crippen LogP contribution in [0, 0.1) is 29.1 Å². The monoisotopic (exact) mass is 250 g/mol. The Kier molecular flexibility index (Phi) is 2.60.